The molecule has 2 rings (SSSR count). The van der Waals surface area contributed by atoms with E-state index in [1.807, 2.05) is 49.1 Å². The molecule has 2 aromatic rings. The van der Waals surface area contributed by atoms with Crippen LogP contribution < -0.4 is 4.90 Å². The third-order valence-corrected chi connectivity index (χ3v) is 2.99. The minimum Gasteiger partial charge on any atom is -0.342 e. The van der Waals surface area contributed by atoms with Crippen molar-refractivity contribution in [2.75, 3.05) is 11.4 Å². The van der Waals surface area contributed by atoms with E-state index in [2.05, 4.69) is 0 Å². The number of anilines is 2. The zero-order valence-electron chi connectivity index (χ0n) is 11.0. The minimum atomic E-state index is -0.389. The highest BCUT2D eigenvalue weighted by Gasteiger charge is 2.09. The third kappa shape index (κ3) is 2.92. The number of halogens is 1. The summed E-state index contributed by atoms with van der Waals surface area (Å²) >= 11 is 0. The number of aryl methyl sites for hydroxylation is 1. The second-order valence-corrected chi connectivity index (χ2v) is 4.39. The topological polar surface area (TPSA) is 27.0 Å². The molecule has 0 aliphatic carbocycles. The van der Waals surface area contributed by atoms with E-state index in [-0.39, 0.29) is 5.82 Å². The highest BCUT2D eigenvalue weighted by atomic mass is 19.1. The van der Waals surface area contributed by atoms with Gasteiger partial charge in [-0.1, -0.05) is 17.7 Å². The molecule has 0 aromatic heterocycles. The Kier molecular flexibility index (Phi) is 3.82. The van der Waals surface area contributed by atoms with Crippen molar-refractivity contribution in [2.45, 2.75) is 13.8 Å². The summed E-state index contributed by atoms with van der Waals surface area (Å²) in [4.78, 5) is 1.98. The van der Waals surface area contributed by atoms with Crippen LogP contribution in [0.3, 0.4) is 0 Å². The van der Waals surface area contributed by atoms with Crippen LogP contribution in [0.15, 0.2) is 42.5 Å². The van der Waals surface area contributed by atoms with Gasteiger partial charge >= 0.3 is 0 Å². The van der Waals surface area contributed by atoms with Gasteiger partial charge < -0.3 is 4.90 Å². The first-order valence-electron chi connectivity index (χ1n) is 6.19. The quantitative estimate of drug-likeness (QED) is 0.822. The lowest BCUT2D eigenvalue weighted by Crippen LogP contribution is -2.16. The van der Waals surface area contributed by atoms with Gasteiger partial charge in [0, 0.05) is 17.9 Å². The standard InChI is InChI=1S/C16H15FN2/c1-3-19(15-6-4-12(2)5-7-15)16-9-13(11-18)8-14(17)10-16/h4-10H,3H2,1-2H3. The summed E-state index contributed by atoms with van der Waals surface area (Å²) in [7, 11) is 0. The van der Waals surface area contributed by atoms with Gasteiger partial charge in [0.15, 0.2) is 0 Å². The van der Waals surface area contributed by atoms with Crippen LogP contribution in [0.1, 0.15) is 18.1 Å². The SMILES string of the molecule is CCN(c1ccc(C)cc1)c1cc(F)cc(C#N)c1. The maximum Gasteiger partial charge on any atom is 0.126 e. The Balaban J connectivity index is 2.45. The first-order chi connectivity index (χ1) is 9.13. The smallest absolute Gasteiger partial charge is 0.126 e. The molecule has 0 heterocycles. The Hall–Kier alpha value is -2.34. The Morgan fingerprint density at radius 1 is 1.11 bits per heavy atom. The maximum atomic E-state index is 13.5. The van der Waals surface area contributed by atoms with Gasteiger partial charge in [-0.3, -0.25) is 0 Å². The summed E-state index contributed by atoms with van der Waals surface area (Å²) < 4.78 is 13.5. The van der Waals surface area contributed by atoms with Crippen molar-refractivity contribution in [2.24, 2.45) is 0 Å². The molecule has 2 nitrogen and oxygen atoms in total. The van der Waals surface area contributed by atoms with Gasteiger partial charge in [0.05, 0.1) is 11.6 Å². The van der Waals surface area contributed by atoms with E-state index in [9.17, 15) is 4.39 Å². The van der Waals surface area contributed by atoms with Crippen LogP contribution in [0.25, 0.3) is 0 Å². The van der Waals surface area contributed by atoms with Crippen LogP contribution in [-0.4, -0.2) is 6.54 Å². The van der Waals surface area contributed by atoms with Crippen molar-refractivity contribution in [3.05, 3.63) is 59.4 Å². The third-order valence-electron chi connectivity index (χ3n) is 2.99. The van der Waals surface area contributed by atoms with Gasteiger partial charge in [0.1, 0.15) is 5.82 Å². The minimum absolute atomic E-state index is 0.334. The molecule has 0 saturated heterocycles. The Morgan fingerprint density at radius 3 is 2.37 bits per heavy atom. The van der Waals surface area contributed by atoms with E-state index >= 15 is 0 Å². The summed E-state index contributed by atoms with van der Waals surface area (Å²) in [5, 5.41) is 8.91. The van der Waals surface area contributed by atoms with E-state index in [0.717, 1.165) is 5.69 Å². The summed E-state index contributed by atoms with van der Waals surface area (Å²) in [5.74, 6) is -0.389. The zero-order chi connectivity index (χ0) is 13.8. The molecule has 3 heteroatoms. The van der Waals surface area contributed by atoms with Crippen LogP contribution in [0, 0.1) is 24.1 Å². The van der Waals surface area contributed by atoms with Gasteiger partial charge in [-0.25, -0.2) is 4.39 Å². The molecule has 0 N–H and O–H groups in total. The fourth-order valence-electron chi connectivity index (χ4n) is 2.03. The fourth-order valence-corrected chi connectivity index (χ4v) is 2.03. The molecule has 2 aromatic carbocycles. The molecule has 0 amide bonds. The molecule has 0 radical (unpaired) electrons. The summed E-state index contributed by atoms with van der Waals surface area (Å²) in [6.07, 6.45) is 0. The second-order valence-electron chi connectivity index (χ2n) is 4.39. The van der Waals surface area contributed by atoms with Crippen LogP contribution >= 0.6 is 0 Å². The number of rotatable bonds is 3. The maximum absolute atomic E-state index is 13.5. The summed E-state index contributed by atoms with van der Waals surface area (Å²) in [6, 6.07) is 14.4. The lowest BCUT2D eigenvalue weighted by molar-refractivity contribution is 0.627. The first-order valence-corrected chi connectivity index (χ1v) is 6.19. The van der Waals surface area contributed by atoms with E-state index in [4.69, 9.17) is 5.26 Å². The van der Waals surface area contributed by atoms with Gasteiger partial charge in [-0.05, 0) is 44.2 Å². The monoisotopic (exact) mass is 254 g/mol. The van der Waals surface area contributed by atoms with Crippen molar-refractivity contribution in [1.29, 1.82) is 5.26 Å². The van der Waals surface area contributed by atoms with Crippen LogP contribution in [0.4, 0.5) is 15.8 Å². The van der Waals surface area contributed by atoms with Crippen molar-refractivity contribution >= 4 is 11.4 Å². The van der Waals surface area contributed by atoms with Crippen molar-refractivity contribution in [3.63, 3.8) is 0 Å². The number of nitriles is 1. The van der Waals surface area contributed by atoms with Crippen LogP contribution in [-0.2, 0) is 0 Å². The number of hydrogen-bond acceptors (Lipinski definition) is 2. The van der Waals surface area contributed by atoms with Crippen LogP contribution in [0.5, 0.6) is 0 Å². The Morgan fingerprint density at radius 2 is 1.79 bits per heavy atom. The average Bonchev–Trinajstić information content (AvgIpc) is 2.41. The Bertz CT molecular complexity index is 612. The molecular weight excluding hydrogens is 239 g/mol. The van der Waals surface area contributed by atoms with E-state index in [1.165, 1.54) is 17.7 Å². The molecule has 0 unspecified atom stereocenters. The van der Waals surface area contributed by atoms with Gasteiger partial charge in [0.2, 0.25) is 0 Å². The predicted octanol–water partition coefficient (Wildman–Crippen LogP) is 4.16. The summed E-state index contributed by atoms with van der Waals surface area (Å²) in [5.41, 5.74) is 3.20. The van der Waals surface area contributed by atoms with Gasteiger partial charge in [0.25, 0.3) is 0 Å². The molecular formula is C16H15FN2. The predicted molar refractivity (Wildman–Crippen MR) is 75.0 cm³/mol. The second kappa shape index (κ2) is 5.53. The lowest BCUT2D eigenvalue weighted by atomic mass is 10.1. The number of hydrogen-bond donors (Lipinski definition) is 0. The zero-order valence-corrected chi connectivity index (χ0v) is 11.0. The molecule has 0 bridgehead atoms. The van der Waals surface area contributed by atoms with E-state index in [1.54, 1.807) is 6.07 Å². The first kappa shape index (κ1) is 13.1. The summed E-state index contributed by atoms with van der Waals surface area (Å²) in [6.45, 7) is 4.73. The number of benzene rings is 2. The molecule has 0 aliphatic rings. The number of nitrogens with zero attached hydrogens (tertiary/aromatic N) is 2. The van der Waals surface area contributed by atoms with Gasteiger partial charge in [-0.15, -0.1) is 0 Å². The molecule has 19 heavy (non-hydrogen) atoms. The lowest BCUT2D eigenvalue weighted by Gasteiger charge is -2.23. The molecule has 0 fully saturated rings. The highest BCUT2D eigenvalue weighted by Crippen LogP contribution is 2.27. The average molecular weight is 254 g/mol. The van der Waals surface area contributed by atoms with Crippen molar-refractivity contribution in [1.82, 2.24) is 0 Å². The van der Waals surface area contributed by atoms with Crippen molar-refractivity contribution < 1.29 is 4.39 Å². The molecule has 0 saturated carbocycles. The van der Waals surface area contributed by atoms with Gasteiger partial charge in [-0.2, -0.15) is 5.26 Å². The largest absolute Gasteiger partial charge is 0.342 e. The highest BCUT2D eigenvalue weighted by molar-refractivity contribution is 5.65. The fraction of sp³-hybridized carbons (Fsp3) is 0.188. The van der Waals surface area contributed by atoms with E-state index < -0.39 is 0 Å². The van der Waals surface area contributed by atoms with Crippen LogP contribution in [0.2, 0.25) is 0 Å². The molecule has 0 atom stereocenters. The normalized spacial score (nSPS) is 10.0. The Labute approximate surface area is 112 Å². The van der Waals surface area contributed by atoms with E-state index in [0.29, 0.717) is 17.8 Å². The molecule has 96 valence electrons. The van der Waals surface area contributed by atoms with Crippen molar-refractivity contribution in [3.8, 4) is 6.07 Å². The molecule has 0 aliphatic heterocycles. The molecule has 0 spiro atoms.